The van der Waals surface area contributed by atoms with Crippen molar-refractivity contribution in [3.63, 3.8) is 0 Å². The van der Waals surface area contributed by atoms with E-state index in [1.807, 2.05) is 17.0 Å². The summed E-state index contributed by atoms with van der Waals surface area (Å²) < 4.78 is 87.4. The lowest BCUT2D eigenvalue weighted by Crippen LogP contribution is -2.71. The van der Waals surface area contributed by atoms with Crippen LogP contribution in [0.4, 0.5) is 8.78 Å². The van der Waals surface area contributed by atoms with Crippen molar-refractivity contribution in [1.29, 1.82) is 0 Å². The fourth-order valence-electron chi connectivity index (χ4n) is 7.81. The summed E-state index contributed by atoms with van der Waals surface area (Å²) in [6.07, 6.45) is 4.09. The summed E-state index contributed by atoms with van der Waals surface area (Å²) in [4.78, 5) is 112. The van der Waals surface area contributed by atoms with E-state index < -0.39 is 138 Å². The summed E-state index contributed by atoms with van der Waals surface area (Å²) in [5, 5.41) is 11.2. The summed E-state index contributed by atoms with van der Waals surface area (Å²) in [6, 6.07) is -2.80. The molecule has 5 atom stereocenters. The lowest BCUT2D eigenvalue weighted by atomic mass is 9.84. The van der Waals surface area contributed by atoms with E-state index in [1.54, 1.807) is 27.7 Å². The molecule has 7 N–H and O–H groups in total. The summed E-state index contributed by atoms with van der Waals surface area (Å²) >= 11 is 6.27. The molecule has 21 nitrogen and oxygen atoms in total. The normalized spacial score (nSPS) is 15.8. The third kappa shape index (κ3) is 18.5. The number of aromatic nitrogens is 2. The van der Waals surface area contributed by atoms with Gasteiger partial charge in [-0.2, -0.15) is 4.72 Å². The van der Waals surface area contributed by atoms with Gasteiger partial charge in [0.1, 0.15) is 30.1 Å². The molecule has 0 bridgehead atoms. The van der Waals surface area contributed by atoms with Crippen LogP contribution >= 0.6 is 11.6 Å². The minimum Gasteiger partial charge on any atom is -0.344 e. The van der Waals surface area contributed by atoms with Crippen molar-refractivity contribution in [3.8, 4) is 0 Å². The fourth-order valence-corrected chi connectivity index (χ4v) is 10.7. The maximum Gasteiger partial charge on any atom is 0.289 e. The third-order valence-corrected chi connectivity index (χ3v) is 14.6. The first kappa shape index (κ1) is 59.8. The van der Waals surface area contributed by atoms with Crippen molar-refractivity contribution < 1.29 is 64.0 Å². The van der Waals surface area contributed by atoms with E-state index in [4.69, 9.17) is 11.6 Å². The van der Waals surface area contributed by atoms with Gasteiger partial charge in [-0.3, -0.25) is 38.5 Å². The first-order valence-corrected chi connectivity index (χ1v) is 26.7. The molecule has 0 spiro atoms. The number of rotatable bonds is 29. The van der Waals surface area contributed by atoms with Gasteiger partial charge in [-0.25, -0.2) is 35.3 Å². The van der Waals surface area contributed by atoms with Gasteiger partial charge in [0.25, 0.3) is 27.7 Å². The number of alkyl halides is 2. The Morgan fingerprint density at radius 2 is 1.51 bits per heavy atom. The number of hydrogen-bond donors (Lipinski definition) is 7. The molecular formula is C45H64ClF2N9O12S2. The Morgan fingerprint density at radius 3 is 2.08 bits per heavy atom. The van der Waals surface area contributed by atoms with Crippen LogP contribution in [0.2, 0.25) is 5.02 Å². The molecule has 1 aliphatic rings. The van der Waals surface area contributed by atoms with Crippen LogP contribution < -0.4 is 36.0 Å². The van der Waals surface area contributed by atoms with Gasteiger partial charge in [-0.05, 0) is 55.2 Å². The van der Waals surface area contributed by atoms with Crippen LogP contribution in [0, 0.1) is 17.8 Å². The number of unbranched alkanes of at least 4 members (excludes halogenated alkanes) is 2. The van der Waals surface area contributed by atoms with Crippen molar-refractivity contribution in [1.82, 2.24) is 46.0 Å². The molecule has 71 heavy (non-hydrogen) atoms. The smallest absolute Gasteiger partial charge is 0.289 e. The molecule has 1 heterocycles. The Hall–Kier alpha value is -5.53. The second kappa shape index (κ2) is 27.9. The maximum atomic E-state index is 15.0. The van der Waals surface area contributed by atoms with Crippen LogP contribution in [0.3, 0.4) is 0 Å². The predicted octanol–water partition coefficient (Wildman–Crippen LogP) is 2.98. The number of sulfonamides is 2. The highest BCUT2D eigenvalue weighted by atomic mass is 35.5. The van der Waals surface area contributed by atoms with Crippen molar-refractivity contribution in [2.24, 2.45) is 17.8 Å². The first-order chi connectivity index (χ1) is 33.4. The predicted molar refractivity (Wildman–Crippen MR) is 254 cm³/mol. The lowest BCUT2D eigenvalue weighted by Gasteiger charge is -2.37. The lowest BCUT2D eigenvalue weighted by molar-refractivity contribution is -0.141. The largest absolute Gasteiger partial charge is 0.344 e. The van der Waals surface area contributed by atoms with Gasteiger partial charge in [-0.15, -0.1) is 0 Å². The van der Waals surface area contributed by atoms with Crippen LogP contribution in [0.1, 0.15) is 129 Å². The van der Waals surface area contributed by atoms with E-state index in [2.05, 4.69) is 36.0 Å². The summed E-state index contributed by atoms with van der Waals surface area (Å²) in [7, 11) is -9.87. The molecule has 394 valence electrons. The zero-order chi connectivity index (χ0) is 53.1. The molecule has 0 aliphatic heterocycles. The van der Waals surface area contributed by atoms with Crippen molar-refractivity contribution >= 4 is 79.2 Å². The average molecular weight is 1060 g/mol. The van der Waals surface area contributed by atoms with Gasteiger partial charge in [0.2, 0.25) is 40.0 Å². The number of halogens is 3. The Balaban J connectivity index is 2.14. The Labute approximate surface area is 417 Å². The second-order valence-electron chi connectivity index (χ2n) is 17.8. The van der Waals surface area contributed by atoms with Gasteiger partial charge < -0.3 is 31.4 Å². The molecule has 6 amide bonds. The number of nitrogens with one attached hydrogen (secondary N) is 7. The highest BCUT2D eigenvalue weighted by Crippen LogP contribution is 2.29. The number of nitrogens with zero attached hydrogens (tertiary/aromatic N) is 2. The molecule has 26 heteroatoms. The van der Waals surface area contributed by atoms with Gasteiger partial charge in [0, 0.05) is 30.3 Å². The molecule has 3 rings (SSSR count). The number of carbonyl (C=O) groups excluding carboxylic acids is 8. The molecular weight excluding hydrogens is 996 g/mol. The van der Waals surface area contributed by atoms with E-state index in [-0.39, 0.29) is 37.2 Å². The van der Waals surface area contributed by atoms with E-state index >= 15 is 4.79 Å². The molecule has 1 aromatic carbocycles. The molecule has 1 aromatic heterocycles. The number of benzene rings is 1. The Kier molecular flexibility index (Phi) is 23.5. The van der Waals surface area contributed by atoms with Gasteiger partial charge in [0.05, 0.1) is 22.5 Å². The summed E-state index contributed by atoms with van der Waals surface area (Å²) in [5.74, 6) is -9.96. The van der Waals surface area contributed by atoms with Gasteiger partial charge >= 0.3 is 0 Å². The first-order valence-electron chi connectivity index (χ1n) is 23.3. The summed E-state index contributed by atoms with van der Waals surface area (Å²) in [6.45, 7) is 7.61. The number of hydrogen-bond acceptors (Lipinski definition) is 14. The van der Waals surface area contributed by atoms with Crippen LogP contribution in [-0.4, -0.2) is 111 Å². The maximum absolute atomic E-state index is 15.0. The second-order valence-corrected chi connectivity index (χ2v) is 21.6. The molecule has 1 aliphatic carbocycles. The fraction of sp³-hybridized carbons (Fsp3) is 0.600. The van der Waals surface area contributed by atoms with Crippen LogP contribution in [0.5, 0.6) is 0 Å². The van der Waals surface area contributed by atoms with Crippen LogP contribution in [0.15, 0.2) is 46.6 Å². The number of ketones is 1. The zero-order valence-corrected chi connectivity index (χ0v) is 42.6. The molecule has 1 fully saturated rings. The van der Waals surface area contributed by atoms with E-state index in [0.717, 1.165) is 50.2 Å². The highest BCUT2D eigenvalue weighted by Gasteiger charge is 2.47. The van der Waals surface area contributed by atoms with Gasteiger partial charge in [0.15, 0.2) is 5.66 Å². The standard InChI is InChI=1S/C45H64ClF2N9O12S2/c1-6-8-10-15-37(59)56-70(66,67)31-21-30(46)22-32(23-31)71(68,69)57-45(25-27(3)4,55-41(62)35-26-49-16-17-50-35)44(65)54-38(28(5)7-2)42(63)53-34(20-29-13-11-9-12-14-29)40(61)52-33(24-36(47)48)39(60)43(64)51-18-19-58/h16-17,19,21-23,26-29,33-34,36,38,57H,6-15,18,20,24-25H2,1-5H3,(H,51,64)(H,52,61)(H,53,63)(H,54,65)(H,55,62)(H,56,59). The number of amides is 6. The van der Waals surface area contributed by atoms with Crippen LogP contribution in [0.25, 0.3) is 0 Å². The van der Waals surface area contributed by atoms with Crippen molar-refractivity contribution in [2.75, 3.05) is 6.54 Å². The van der Waals surface area contributed by atoms with Gasteiger partial charge in [-0.1, -0.05) is 97.6 Å². The van der Waals surface area contributed by atoms with E-state index in [9.17, 15) is 59.2 Å². The zero-order valence-electron chi connectivity index (χ0n) is 40.2. The highest BCUT2D eigenvalue weighted by molar-refractivity contribution is 7.90. The quantitative estimate of drug-likeness (QED) is 0.0267. The molecule has 2 aromatic rings. The minimum absolute atomic E-state index is 0.0587. The van der Waals surface area contributed by atoms with E-state index in [0.29, 0.717) is 31.7 Å². The number of Topliss-reactive ketones (excluding diaryl/α,β-unsaturated/α-hetero) is 1. The molecule has 0 saturated heterocycles. The molecule has 1 saturated carbocycles. The van der Waals surface area contributed by atoms with Crippen molar-refractivity contribution in [3.05, 3.63) is 47.5 Å². The molecule has 5 unspecified atom stereocenters. The minimum atomic E-state index is -5.16. The SMILES string of the molecule is CCCCCC(=O)NS(=O)(=O)c1cc(Cl)cc(S(=O)(=O)NC(CC(C)C)(NC(=O)c2cnccn2)C(=O)NC(C(=O)NC(CC2CCCCC2)C(=O)NC(CC(F)F)C(=O)C(=O)NCC=O)C(C)CC)c1. The third-order valence-electron chi connectivity index (χ3n) is 11.6. The topological polar surface area (TPSA) is 315 Å². The number of aldehydes is 1. The monoisotopic (exact) mass is 1060 g/mol. The Morgan fingerprint density at radius 1 is 0.859 bits per heavy atom. The van der Waals surface area contributed by atoms with Crippen LogP contribution in [-0.2, 0) is 53.6 Å². The number of carbonyl (C=O) groups is 8. The Bertz CT molecular complexity index is 2430. The molecule has 0 radical (unpaired) electrons. The average Bonchev–Trinajstić information content (AvgIpc) is 3.31. The summed E-state index contributed by atoms with van der Waals surface area (Å²) in [5.41, 5.74) is -3.12. The van der Waals surface area contributed by atoms with Crippen molar-refractivity contribution in [2.45, 2.75) is 158 Å². The van der Waals surface area contributed by atoms with E-state index in [1.165, 1.54) is 6.20 Å².